The number of carbonyl (C=O) groups excluding carboxylic acids is 3. The Morgan fingerprint density at radius 2 is 1.31 bits per heavy atom. The van der Waals surface area contributed by atoms with Crippen LogP contribution in [0.3, 0.4) is 0 Å². The lowest BCUT2D eigenvalue weighted by molar-refractivity contribution is -0.146. The van der Waals surface area contributed by atoms with Crippen LogP contribution in [0.25, 0.3) is 0 Å². The maximum absolute atomic E-state index is 12.7. The highest BCUT2D eigenvalue weighted by Gasteiger charge is 2.33. The summed E-state index contributed by atoms with van der Waals surface area (Å²) in [5, 5.41) is 42.7. The van der Waals surface area contributed by atoms with E-state index in [4.69, 9.17) is 21.1 Å². The largest absolute Gasteiger partial charge is 0.481 e. The first-order valence-electron chi connectivity index (χ1n) is 9.68. The van der Waals surface area contributed by atoms with Gasteiger partial charge < -0.3 is 42.1 Å². The number of amides is 3. The van der Waals surface area contributed by atoms with E-state index in [2.05, 4.69) is 10.6 Å². The zero-order chi connectivity index (χ0) is 25.2. The van der Waals surface area contributed by atoms with Crippen molar-refractivity contribution < 1.29 is 49.2 Å². The van der Waals surface area contributed by atoms with Gasteiger partial charge in [0.2, 0.25) is 17.7 Å². The molecule has 0 bridgehead atoms. The SMILES string of the molecule is CC(C)C(NC(=O)C(N)CCC(=O)O)C(=O)NC(CC(=O)O)C(=O)NC(C(=O)O)C(C)O. The minimum atomic E-state index is -1.75. The van der Waals surface area contributed by atoms with Crippen molar-refractivity contribution in [2.75, 3.05) is 0 Å². The van der Waals surface area contributed by atoms with E-state index in [9.17, 15) is 33.9 Å². The molecule has 0 aromatic heterocycles. The van der Waals surface area contributed by atoms with Crippen LogP contribution in [0.4, 0.5) is 0 Å². The molecule has 182 valence electrons. The third kappa shape index (κ3) is 10.2. The molecule has 5 atom stereocenters. The Morgan fingerprint density at radius 1 is 0.781 bits per heavy atom. The fourth-order valence-corrected chi connectivity index (χ4v) is 2.49. The van der Waals surface area contributed by atoms with Crippen molar-refractivity contribution in [1.29, 1.82) is 0 Å². The summed E-state index contributed by atoms with van der Waals surface area (Å²) in [6.45, 7) is 4.20. The van der Waals surface area contributed by atoms with Crippen LogP contribution in [-0.4, -0.2) is 86.3 Å². The van der Waals surface area contributed by atoms with E-state index in [0.29, 0.717) is 0 Å². The van der Waals surface area contributed by atoms with Crippen LogP contribution in [-0.2, 0) is 28.8 Å². The van der Waals surface area contributed by atoms with Crippen LogP contribution >= 0.6 is 0 Å². The number of aliphatic hydroxyl groups is 1. The third-order valence-electron chi connectivity index (χ3n) is 4.31. The molecule has 14 nitrogen and oxygen atoms in total. The summed E-state index contributed by atoms with van der Waals surface area (Å²) in [6, 6.07) is -5.93. The molecule has 14 heteroatoms. The Hall–Kier alpha value is -3.26. The van der Waals surface area contributed by atoms with Crippen molar-refractivity contribution in [3.8, 4) is 0 Å². The van der Waals surface area contributed by atoms with E-state index in [1.54, 1.807) is 13.8 Å². The molecule has 0 heterocycles. The summed E-state index contributed by atoms with van der Waals surface area (Å²) in [5.74, 6) is -7.68. The van der Waals surface area contributed by atoms with Crippen LogP contribution < -0.4 is 21.7 Å². The second-order valence-corrected chi connectivity index (χ2v) is 7.49. The van der Waals surface area contributed by atoms with Crippen molar-refractivity contribution in [2.24, 2.45) is 11.7 Å². The molecule has 0 fully saturated rings. The molecular weight excluding hydrogens is 432 g/mol. The maximum Gasteiger partial charge on any atom is 0.328 e. The lowest BCUT2D eigenvalue weighted by Gasteiger charge is -2.26. The molecule has 0 rings (SSSR count). The number of hydrogen-bond donors (Lipinski definition) is 8. The molecule has 3 amide bonds. The topological polar surface area (TPSA) is 245 Å². The van der Waals surface area contributed by atoms with E-state index in [-0.39, 0.29) is 12.8 Å². The van der Waals surface area contributed by atoms with Gasteiger partial charge in [0.15, 0.2) is 6.04 Å². The Kier molecular flexibility index (Phi) is 11.9. The summed E-state index contributed by atoms with van der Waals surface area (Å²) in [4.78, 5) is 70.1. The van der Waals surface area contributed by atoms with E-state index in [1.807, 2.05) is 5.32 Å². The Morgan fingerprint density at radius 3 is 1.72 bits per heavy atom. The van der Waals surface area contributed by atoms with Gasteiger partial charge in [0, 0.05) is 6.42 Å². The lowest BCUT2D eigenvalue weighted by Crippen LogP contribution is -2.59. The predicted molar refractivity (Wildman–Crippen MR) is 107 cm³/mol. The molecule has 9 N–H and O–H groups in total. The molecule has 0 radical (unpaired) electrons. The fraction of sp³-hybridized carbons (Fsp3) is 0.667. The first kappa shape index (κ1) is 28.7. The third-order valence-corrected chi connectivity index (χ3v) is 4.31. The van der Waals surface area contributed by atoms with Gasteiger partial charge in [0.25, 0.3) is 0 Å². The van der Waals surface area contributed by atoms with Crippen LogP contribution in [0, 0.1) is 5.92 Å². The van der Waals surface area contributed by atoms with Gasteiger partial charge in [-0.25, -0.2) is 4.79 Å². The Balaban J connectivity index is 5.41. The molecule has 0 saturated heterocycles. The minimum absolute atomic E-state index is 0.187. The molecule has 0 aromatic rings. The predicted octanol–water partition coefficient (Wildman–Crippen LogP) is -2.77. The second-order valence-electron chi connectivity index (χ2n) is 7.49. The summed E-state index contributed by atoms with van der Waals surface area (Å²) in [7, 11) is 0. The average molecular weight is 462 g/mol. The molecule has 0 aliphatic heterocycles. The van der Waals surface area contributed by atoms with Gasteiger partial charge in [-0.1, -0.05) is 13.8 Å². The average Bonchev–Trinajstić information content (AvgIpc) is 2.65. The van der Waals surface area contributed by atoms with Crippen molar-refractivity contribution in [3.63, 3.8) is 0 Å². The fourth-order valence-electron chi connectivity index (χ4n) is 2.49. The molecule has 32 heavy (non-hydrogen) atoms. The highest BCUT2D eigenvalue weighted by molar-refractivity contribution is 5.95. The summed E-state index contributed by atoms with van der Waals surface area (Å²) >= 11 is 0. The minimum Gasteiger partial charge on any atom is -0.481 e. The monoisotopic (exact) mass is 462 g/mol. The van der Waals surface area contributed by atoms with Gasteiger partial charge in [0.1, 0.15) is 12.1 Å². The normalized spacial score (nSPS) is 15.6. The van der Waals surface area contributed by atoms with Gasteiger partial charge in [-0.3, -0.25) is 24.0 Å². The van der Waals surface area contributed by atoms with Crippen molar-refractivity contribution in [1.82, 2.24) is 16.0 Å². The van der Waals surface area contributed by atoms with Gasteiger partial charge in [-0.2, -0.15) is 0 Å². The Labute approximate surface area is 183 Å². The van der Waals surface area contributed by atoms with Gasteiger partial charge in [-0.05, 0) is 19.3 Å². The summed E-state index contributed by atoms with van der Waals surface area (Å²) < 4.78 is 0. The quantitative estimate of drug-likeness (QED) is 0.131. The van der Waals surface area contributed by atoms with Crippen LogP contribution in [0.5, 0.6) is 0 Å². The van der Waals surface area contributed by atoms with Crippen molar-refractivity contribution in [2.45, 2.75) is 70.3 Å². The first-order chi connectivity index (χ1) is 14.7. The number of carbonyl (C=O) groups is 6. The van der Waals surface area contributed by atoms with Gasteiger partial charge >= 0.3 is 17.9 Å². The van der Waals surface area contributed by atoms with Crippen molar-refractivity contribution in [3.05, 3.63) is 0 Å². The van der Waals surface area contributed by atoms with E-state index >= 15 is 0 Å². The number of rotatable bonds is 14. The maximum atomic E-state index is 12.7. The van der Waals surface area contributed by atoms with Crippen LogP contribution in [0.2, 0.25) is 0 Å². The number of carboxylic acids is 3. The Bertz CT molecular complexity index is 725. The molecule has 0 aliphatic carbocycles. The smallest absolute Gasteiger partial charge is 0.328 e. The molecule has 0 aliphatic rings. The standard InChI is InChI=1S/C18H30N4O10/c1-7(2)13(21-15(28)9(19)4-5-11(24)25)17(30)20-10(6-12(26)27)16(29)22-14(8(3)23)18(31)32/h7-10,13-14,23H,4-6,19H2,1-3H3,(H,20,30)(H,21,28)(H,22,29)(H,24,25)(H,26,27)(H,31,32). The highest BCUT2D eigenvalue weighted by Crippen LogP contribution is 2.06. The van der Waals surface area contributed by atoms with E-state index in [1.165, 1.54) is 0 Å². The number of nitrogens with one attached hydrogen (secondary N) is 3. The number of hydrogen-bond acceptors (Lipinski definition) is 8. The number of nitrogens with two attached hydrogens (primary N) is 1. The zero-order valence-corrected chi connectivity index (χ0v) is 17.9. The number of aliphatic carboxylic acids is 3. The van der Waals surface area contributed by atoms with Gasteiger partial charge in [0.05, 0.1) is 18.6 Å². The first-order valence-corrected chi connectivity index (χ1v) is 9.68. The highest BCUT2D eigenvalue weighted by atomic mass is 16.4. The summed E-state index contributed by atoms with van der Waals surface area (Å²) in [6.07, 6.45) is -2.97. The van der Waals surface area contributed by atoms with Crippen molar-refractivity contribution >= 4 is 35.6 Å². The molecule has 0 saturated carbocycles. The van der Waals surface area contributed by atoms with Gasteiger partial charge in [-0.15, -0.1) is 0 Å². The summed E-state index contributed by atoms with van der Waals surface area (Å²) in [5.41, 5.74) is 5.61. The molecule has 0 aromatic carbocycles. The molecule has 5 unspecified atom stereocenters. The molecular formula is C18H30N4O10. The van der Waals surface area contributed by atoms with E-state index in [0.717, 1.165) is 6.92 Å². The zero-order valence-electron chi connectivity index (χ0n) is 17.9. The van der Waals surface area contributed by atoms with Crippen LogP contribution in [0.15, 0.2) is 0 Å². The number of carboxylic acid groups (broad SMARTS) is 3. The van der Waals surface area contributed by atoms with E-state index < -0.39 is 78.2 Å². The van der Waals surface area contributed by atoms with Crippen LogP contribution in [0.1, 0.15) is 40.0 Å². The lowest BCUT2D eigenvalue weighted by atomic mass is 10.0. The second kappa shape index (κ2) is 13.2. The molecule has 0 spiro atoms. The number of aliphatic hydroxyl groups excluding tert-OH is 1.